The highest BCUT2D eigenvalue weighted by molar-refractivity contribution is 7.80. The van der Waals surface area contributed by atoms with Gasteiger partial charge in [-0.2, -0.15) is 18.4 Å². The lowest BCUT2D eigenvalue weighted by molar-refractivity contribution is -0.130. The standard InChI is InChI=1S/C25H23F3N4OS/c1-2-32(16-29)23(33)22(14-18-7-10-19-5-3-4-6-20(19)13-18)31-24(34)30-21-11-8-17(9-12-21)15-25(26,27)28/h3-13,22H,2,14-15H2,1H3,(H2,30,31,34). The SMILES string of the molecule is CCN(C#N)C(=O)C(Cc1ccc2ccccc2c1)NC(=S)Nc1ccc(CC(F)(F)F)cc1. The molecule has 0 aliphatic rings. The minimum Gasteiger partial charge on any atom is -0.350 e. The maximum absolute atomic E-state index is 13.0. The molecule has 0 saturated heterocycles. The van der Waals surface area contributed by atoms with Crippen LogP contribution in [0.1, 0.15) is 18.1 Å². The van der Waals surface area contributed by atoms with Crippen molar-refractivity contribution in [2.24, 2.45) is 0 Å². The molecule has 3 aromatic carbocycles. The molecule has 0 bridgehead atoms. The number of benzene rings is 3. The van der Waals surface area contributed by atoms with Crippen LogP contribution in [0.15, 0.2) is 66.7 Å². The van der Waals surface area contributed by atoms with E-state index in [1.807, 2.05) is 48.7 Å². The second-order valence-electron chi connectivity index (χ2n) is 7.71. The predicted molar refractivity (Wildman–Crippen MR) is 130 cm³/mol. The zero-order valence-corrected chi connectivity index (χ0v) is 19.2. The summed E-state index contributed by atoms with van der Waals surface area (Å²) < 4.78 is 37.7. The lowest BCUT2D eigenvalue weighted by atomic mass is 10.0. The first kappa shape index (κ1) is 25.0. The summed E-state index contributed by atoms with van der Waals surface area (Å²) in [4.78, 5) is 14.0. The zero-order chi connectivity index (χ0) is 24.7. The molecule has 1 unspecified atom stereocenters. The molecule has 9 heteroatoms. The number of nitriles is 1. The number of carbonyl (C=O) groups is 1. The van der Waals surface area contributed by atoms with Crippen LogP contribution in [0.5, 0.6) is 0 Å². The number of anilines is 1. The molecule has 1 atom stereocenters. The van der Waals surface area contributed by atoms with E-state index in [1.165, 1.54) is 24.3 Å². The molecule has 2 N–H and O–H groups in total. The largest absolute Gasteiger partial charge is 0.393 e. The lowest BCUT2D eigenvalue weighted by Crippen LogP contribution is -2.49. The fraction of sp³-hybridized carbons (Fsp3) is 0.240. The third-order valence-corrected chi connectivity index (χ3v) is 5.40. The van der Waals surface area contributed by atoms with E-state index in [0.717, 1.165) is 21.2 Å². The molecule has 3 rings (SSSR count). The number of alkyl halides is 3. The van der Waals surface area contributed by atoms with Crippen molar-refractivity contribution in [3.63, 3.8) is 0 Å². The van der Waals surface area contributed by atoms with Gasteiger partial charge in [0.15, 0.2) is 11.3 Å². The number of fused-ring (bicyclic) bond motifs is 1. The molecule has 176 valence electrons. The molecule has 34 heavy (non-hydrogen) atoms. The highest BCUT2D eigenvalue weighted by atomic mass is 32.1. The van der Waals surface area contributed by atoms with Crippen molar-refractivity contribution in [2.75, 3.05) is 11.9 Å². The first-order valence-corrected chi connectivity index (χ1v) is 11.0. The van der Waals surface area contributed by atoms with Crippen LogP contribution in [-0.2, 0) is 17.6 Å². The van der Waals surface area contributed by atoms with Gasteiger partial charge in [-0.1, -0.05) is 54.6 Å². The van der Waals surface area contributed by atoms with Gasteiger partial charge in [-0.05, 0) is 53.2 Å². The first-order chi connectivity index (χ1) is 16.2. The maximum atomic E-state index is 13.0. The van der Waals surface area contributed by atoms with Gasteiger partial charge in [-0.15, -0.1) is 0 Å². The normalized spacial score (nSPS) is 12.0. The van der Waals surface area contributed by atoms with Gasteiger partial charge in [0.25, 0.3) is 5.91 Å². The summed E-state index contributed by atoms with van der Waals surface area (Å²) in [5, 5.41) is 17.4. The highest BCUT2D eigenvalue weighted by Gasteiger charge is 2.27. The smallest absolute Gasteiger partial charge is 0.350 e. The Labute approximate surface area is 201 Å². The van der Waals surface area contributed by atoms with Crippen LogP contribution in [-0.4, -0.2) is 34.7 Å². The van der Waals surface area contributed by atoms with Gasteiger partial charge in [0, 0.05) is 18.7 Å². The minimum absolute atomic E-state index is 0.122. The Morgan fingerprint density at radius 1 is 1.06 bits per heavy atom. The fourth-order valence-electron chi connectivity index (χ4n) is 3.53. The number of halogens is 3. The van der Waals surface area contributed by atoms with Crippen LogP contribution in [0.2, 0.25) is 0 Å². The Morgan fingerprint density at radius 2 is 1.71 bits per heavy atom. The Hall–Kier alpha value is -3.64. The van der Waals surface area contributed by atoms with Crippen molar-refractivity contribution in [3.8, 4) is 6.19 Å². The van der Waals surface area contributed by atoms with E-state index in [1.54, 1.807) is 6.92 Å². The number of nitrogens with one attached hydrogen (secondary N) is 2. The number of rotatable bonds is 7. The number of thiocarbonyl (C=S) groups is 1. The maximum Gasteiger partial charge on any atom is 0.393 e. The Balaban J connectivity index is 1.74. The predicted octanol–water partition coefficient (Wildman–Crippen LogP) is 5.17. The summed E-state index contributed by atoms with van der Waals surface area (Å²) in [7, 11) is 0. The molecule has 3 aromatic rings. The van der Waals surface area contributed by atoms with Gasteiger partial charge in [0.2, 0.25) is 0 Å². The third kappa shape index (κ3) is 6.93. The summed E-state index contributed by atoms with van der Waals surface area (Å²) in [6, 6.07) is 18.6. The molecule has 5 nitrogen and oxygen atoms in total. The molecule has 0 aliphatic heterocycles. The van der Waals surface area contributed by atoms with Crippen molar-refractivity contribution in [3.05, 3.63) is 77.9 Å². The van der Waals surface area contributed by atoms with E-state index < -0.39 is 24.5 Å². The summed E-state index contributed by atoms with van der Waals surface area (Å²) in [5.74, 6) is -0.428. The molecule has 0 aliphatic carbocycles. The second-order valence-corrected chi connectivity index (χ2v) is 8.12. The van der Waals surface area contributed by atoms with E-state index in [-0.39, 0.29) is 23.6 Å². The number of likely N-dealkylation sites (N-methyl/N-ethyl adjacent to an activating group) is 1. The van der Waals surface area contributed by atoms with Gasteiger partial charge >= 0.3 is 6.18 Å². The third-order valence-electron chi connectivity index (χ3n) is 5.18. The van der Waals surface area contributed by atoms with Crippen LogP contribution in [0.4, 0.5) is 18.9 Å². The van der Waals surface area contributed by atoms with E-state index in [0.29, 0.717) is 5.69 Å². The van der Waals surface area contributed by atoms with Crippen molar-refractivity contribution in [1.29, 1.82) is 5.26 Å². The quantitative estimate of drug-likeness (QED) is 0.275. The molecule has 0 aromatic heterocycles. The van der Waals surface area contributed by atoms with Gasteiger partial charge in [-0.3, -0.25) is 4.79 Å². The second kappa shape index (κ2) is 11.0. The molecule has 0 radical (unpaired) electrons. The van der Waals surface area contributed by atoms with Crippen LogP contribution in [0, 0.1) is 11.5 Å². The van der Waals surface area contributed by atoms with Gasteiger partial charge in [0.05, 0.1) is 6.42 Å². The Kier molecular flexibility index (Phi) is 8.08. The van der Waals surface area contributed by atoms with Crippen LogP contribution >= 0.6 is 12.2 Å². The van der Waals surface area contributed by atoms with Crippen molar-refractivity contribution in [1.82, 2.24) is 10.2 Å². The van der Waals surface area contributed by atoms with Crippen LogP contribution in [0.25, 0.3) is 10.8 Å². The van der Waals surface area contributed by atoms with Gasteiger partial charge in [0.1, 0.15) is 6.04 Å². The summed E-state index contributed by atoms with van der Waals surface area (Å²) in [6.45, 7) is 1.92. The van der Waals surface area contributed by atoms with Crippen molar-refractivity contribution >= 4 is 39.7 Å². The number of nitrogens with zero attached hydrogens (tertiary/aromatic N) is 2. The molecule has 0 heterocycles. The molecule has 1 amide bonds. The Morgan fingerprint density at radius 3 is 2.32 bits per heavy atom. The first-order valence-electron chi connectivity index (χ1n) is 10.6. The van der Waals surface area contributed by atoms with Gasteiger partial charge in [-0.25, -0.2) is 4.90 Å². The topological polar surface area (TPSA) is 68.2 Å². The van der Waals surface area contributed by atoms with Crippen molar-refractivity contribution < 1.29 is 18.0 Å². The molecule has 0 saturated carbocycles. The molecule has 0 fully saturated rings. The average molecular weight is 485 g/mol. The summed E-state index contributed by atoms with van der Waals surface area (Å²) in [6.07, 6.45) is -3.13. The number of carbonyl (C=O) groups excluding carboxylic acids is 1. The van der Waals surface area contributed by atoms with Gasteiger partial charge < -0.3 is 10.6 Å². The molecule has 0 spiro atoms. The van der Waals surface area contributed by atoms with E-state index >= 15 is 0 Å². The average Bonchev–Trinajstić information content (AvgIpc) is 2.79. The summed E-state index contributed by atoms with van der Waals surface area (Å²) >= 11 is 5.35. The highest BCUT2D eigenvalue weighted by Crippen LogP contribution is 2.22. The monoisotopic (exact) mass is 484 g/mol. The van der Waals surface area contributed by atoms with Crippen molar-refractivity contribution in [2.45, 2.75) is 32.0 Å². The summed E-state index contributed by atoms with van der Waals surface area (Å²) in [5.41, 5.74) is 1.50. The molecular weight excluding hydrogens is 461 g/mol. The Bertz CT molecular complexity index is 1210. The fourth-order valence-corrected chi connectivity index (χ4v) is 3.79. The van der Waals surface area contributed by atoms with Crippen LogP contribution < -0.4 is 10.6 Å². The number of amides is 1. The van der Waals surface area contributed by atoms with E-state index in [4.69, 9.17) is 12.2 Å². The van der Waals surface area contributed by atoms with E-state index in [2.05, 4.69) is 10.6 Å². The zero-order valence-electron chi connectivity index (χ0n) is 18.4. The number of hydrogen-bond acceptors (Lipinski definition) is 3. The molecular formula is C25H23F3N4OS. The minimum atomic E-state index is -4.28. The van der Waals surface area contributed by atoms with Crippen LogP contribution in [0.3, 0.4) is 0 Å². The number of hydrogen-bond donors (Lipinski definition) is 2. The lowest BCUT2D eigenvalue weighted by Gasteiger charge is -2.23. The van der Waals surface area contributed by atoms with E-state index in [9.17, 15) is 23.2 Å².